The fourth-order valence-corrected chi connectivity index (χ4v) is 6.02. The fourth-order valence-electron chi connectivity index (χ4n) is 5.15. The molecule has 194 valence electrons. The smallest absolute Gasteiger partial charge is 0.0273 e. The number of nitrogens with zero attached hydrogens (tertiary/aromatic N) is 4. The molecule has 0 bridgehead atoms. The second kappa shape index (κ2) is 11.1. The first-order chi connectivity index (χ1) is 20.3. The van der Waals surface area contributed by atoms with Gasteiger partial charge in [0, 0.05) is 60.7 Å². The van der Waals surface area contributed by atoms with Gasteiger partial charge >= 0.3 is 0 Å². The van der Waals surface area contributed by atoms with Crippen LogP contribution in [-0.2, 0) is 0 Å². The third-order valence-corrected chi connectivity index (χ3v) is 7.95. The second-order valence-corrected chi connectivity index (χ2v) is 10.5. The Morgan fingerprint density at radius 3 is 0.805 bits per heavy atom. The summed E-state index contributed by atoms with van der Waals surface area (Å²) in [4.78, 5) is 16.9. The Labute approximate surface area is 242 Å². The van der Waals surface area contributed by atoms with Gasteiger partial charge in [-0.05, 0) is 151 Å². The Hall–Kier alpha value is -5.26. The maximum absolute atomic E-state index is 4.23. The predicted molar refractivity (Wildman–Crippen MR) is 168 cm³/mol. The van der Waals surface area contributed by atoms with Crippen LogP contribution in [0.4, 0.5) is 0 Å². The van der Waals surface area contributed by atoms with E-state index in [9.17, 15) is 0 Å². The summed E-state index contributed by atoms with van der Waals surface area (Å²) in [6, 6.07) is 30.1. The van der Waals surface area contributed by atoms with E-state index in [4.69, 9.17) is 0 Å². The minimum atomic E-state index is 1.13. The lowest BCUT2D eigenvalue weighted by Crippen LogP contribution is -1.89. The molecule has 7 rings (SSSR count). The molecule has 5 aromatic heterocycles. The number of hydrogen-bond donors (Lipinski definition) is 0. The molecule has 0 N–H and O–H groups in total. The van der Waals surface area contributed by atoms with Gasteiger partial charge in [0.2, 0.25) is 0 Å². The summed E-state index contributed by atoms with van der Waals surface area (Å²) in [5, 5.41) is 4.51. The zero-order chi connectivity index (χ0) is 27.4. The summed E-state index contributed by atoms with van der Waals surface area (Å²) in [6.07, 6.45) is 14.7. The molecule has 0 atom stereocenters. The van der Waals surface area contributed by atoms with Crippen molar-refractivity contribution < 1.29 is 0 Å². The third-order valence-electron chi connectivity index (χ3n) is 7.20. The molecule has 5 heteroatoms. The van der Waals surface area contributed by atoms with Gasteiger partial charge in [0.15, 0.2) is 0 Å². The molecule has 4 nitrogen and oxygen atoms in total. The average Bonchev–Trinajstić information content (AvgIpc) is 3.56. The van der Waals surface area contributed by atoms with E-state index in [1.165, 1.54) is 22.3 Å². The van der Waals surface area contributed by atoms with Crippen molar-refractivity contribution in [2.75, 3.05) is 0 Å². The van der Waals surface area contributed by atoms with Gasteiger partial charge < -0.3 is 0 Å². The van der Waals surface area contributed by atoms with Gasteiger partial charge in [-0.15, -0.1) is 0 Å². The lowest BCUT2D eigenvalue weighted by Gasteiger charge is -2.14. The van der Waals surface area contributed by atoms with Crippen LogP contribution >= 0.6 is 11.3 Å². The first kappa shape index (κ1) is 24.8. The Balaban J connectivity index is 1.42. The van der Waals surface area contributed by atoms with Gasteiger partial charge in [0.05, 0.1) is 0 Å². The van der Waals surface area contributed by atoms with Gasteiger partial charge in [-0.25, -0.2) is 0 Å². The SMILES string of the molecule is c1cc(-c2cc(-c3ccncc3)cc(-c3cscc3-c3cc(-c4ccncc4)cc(-c4ccncc4)c3)c2)ccn1. The van der Waals surface area contributed by atoms with Crippen LogP contribution in [0, 0.1) is 0 Å². The van der Waals surface area contributed by atoms with Crippen LogP contribution in [0.1, 0.15) is 0 Å². The normalized spacial score (nSPS) is 10.9. The number of rotatable bonds is 6. The van der Waals surface area contributed by atoms with E-state index in [1.807, 2.05) is 49.6 Å². The minimum Gasteiger partial charge on any atom is -0.265 e. The summed E-state index contributed by atoms with van der Waals surface area (Å²) in [6.45, 7) is 0. The zero-order valence-corrected chi connectivity index (χ0v) is 22.9. The van der Waals surface area contributed by atoms with E-state index < -0.39 is 0 Å². The Morgan fingerprint density at radius 2 is 0.537 bits per heavy atom. The zero-order valence-electron chi connectivity index (χ0n) is 22.1. The van der Waals surface area contributed by atoms with Gasteiger partial charge in [-0.2, -0.15) is 11.3 Å². The van der Waals surface area contributed by atoms with Crippen molar-refractivity contribution in [2.45, 2.75) is 0 Å². The molecule has 41 heavy (non-hydrogen) atoms. The maximum atomic E-state index is 4.23. The van der Waals surface area contributed by atoms with Crippen molar-refractivity contribution in [3.05, 3.63) is 145 Å². The van der Waals surface area contributed by atoms with E-state index in [0.717, 1.165) is 44.5 Å². The third kappa shape index (κ3) is 5.19. The lowest BCUT2D eigenvalue weighted by atomic mass is 9.90. The topological polar surface area (TPSA) is 51.6 Å². The van der Waals surface area contributed by atoms with Crippen molar-refractivity contribution in [1.29, 1.82) is 0 Å². The van der Waals surface area contributed by atoms with Crippen LogP contribution in [0.5, 0.6) is 0 Å². The Kier molecular flexibility index (Phi) is 6.69. The van der Waals surface area contributed by atoms with Crippen LogP contribution in [-0.4, -0.2) is 19.9 Å². The Morgan fingerprint density at radius 1 is 0.293 bits per heavy atom. The van der Waals surface area contributed by atoms with Crippen LogP contribution in [0.2, 0.25) is 0 Å². The van der Waals surface area contributed by atoms with E-state index in [1.54, 1.807) is 11.3 Å². The highest BCUT2D eigenvalue weighted by atomic mass is 32.1. The molecular weight excluding hydrogens is 520 g/mol. The van der Waals surface area contributed by atoms with Crippen LogP contribution in [0.3, 0.4) is 0 Å². The van der Waals surface area contributed by atoms with Gasteiger partial charge in [-0.3, -0.25) is 19.9 Å². The predicted octanol–water partition coefficient (Wildman–Crippen LogP) is 9.33. The van der Waals surface area contributed by atoms with Crippen LogP contribution < -0.4 is 0 Å². The molecule has 0 radical (unpaired) electrons. The molecule has 5 heterocycles. The maximum Gasteiger partial charge on any atom is 0.0273 e. The molecule has 0 amide bonds. The molecule has 0 fully saturated rings. The van der Waals surface area contributed by atoms with E-state index in [2.05, 4.69) is 116 Å². The van der Waals surface area contributed by atoms with E-state index in [-0.39, 0.29) is 0 Å². The molecule has 0 aliphatic heterocycles. The summed E-state index contributed by atoms with van der Waals surface area (Å²) in [5.41, 5.74) is 13.9. The van der Waals surface area contributed by atoms with Gasteiger partial charge in [0.25, 0.3) is 0 Å². The molecule has 0 saturated carbocycles. The molecule has 0 aliphatic carbocycles. The fraction of sp³-hybridized carbons (Fsp3) is 0. The van der Waals surface area contributed by atoms with Crippen molar-refractivity contribution in [3.63, 3.8) is 0 Å². The van der Waals surface area contributed by atoms with Crippen LogP contribution in [0.15, 0.2) is 145 Å². The van der Waals surface area contributed by atoms with Gasteiger partial charge in [0.1, 0.15) is 0 Å². The highest BCUT2D eigenvalue weighted by Crippen LogP contribution is 2.41. The van der Waals surface area contributed by atoms with Gasteiger partial charge in [-0.1, -0.05) is 0 Å². The standard InChI is InChI=1S/C36H24N4S/c1-9-37-10-2-25(1)29-17-30(26-3-11-38-12-4-26)20-33(19-29)35-23-41-24-36(35)34-21-31(27-5-13-39-14-6-27)18-32(22-34)28-7-15-40-16-8-28/h1-24H. The molecule has 0 unspecified atom stereocenters. The molecule has 0 aliphatic rings. The molecular formula is C36H24N4S. The summed E-state index contributed by atoms with van der Waals surface area (Å²) >= 11 is 1.72. The number of benzene rings is 2. The number of pyridine rings is 4. The highest BCUT2D eigenvalue weighted by molar-refractivity contribution is 7.08. The largest absolute Gasteiger partial charge is 0.265 e. The van der Waals surface area contributed by atoms with E-state index >= 15 is 0 Å². The number of thiophene rings is 1. The quantitative estimate of drug-likeness (QED) is 0.209. The monoisotopic (exact) mass is 544 g/mol. The molecule has 7 aromatic rings. The first-order valence-corrected chi connectivity index (χ1v) is 14.2. The molecule has 2 aromatic carbocycles. The lowest BCUT2D eigenvalue weighted by molar-refractivity contribution is 1.32. The van der Waals surface area contributed by atoms with Crippen LogP contribution in [0.25, 0.3) is 66.8 Å². The second-order valence-electron chi connectivity index (χ2n) is 9.74. The van der Waals surface area contributed by atoms with Crippen molar-refractivity contribution in [1.82, 2.24) is 19.9 Å². The summed E-state index contributed by atoms with van der Waals surface area (Å²) < 4.78 is 0. The van der Waals surface area contributed by atoms with E-state index in [0.29, 0.717) is 0 Å². The van der Waals surface area contributed by atoms with Crippen molar-refractivity contribution in [3.8, 4) is 66.8 Å². The van der Waals surface area contributed by atoms with Crippen molar-refractivity contribution >= 4 is 11.3 Å². The molecule has 0 saturated heterocycles. The Bertz CT molecular complexity index is 1660. The number of aromatic nitrogens is 4. The first-order valence-electron chi connectivity index (χ1n) is 13.3. The summed E-state index contributed by atoms with van der Waals surface area (Å²) in [5.74, 6) is 0. The number of hydrogen-bond acceptors (Lipinski definition) is 5. The molecule has 0 spiro atoms. The average molecular weight is 545 g/mol. The minimum absolute atomic E-state index is 1.13. The highest BCUT2D eigenvalue weighted by Gasteiger charge is 2.15. The van der Waals surface area contributed by atoms with Crippen molar-refractivity contribution in [2.24, 2.45) is 0 Å². The summed E-state index contributed by atoms with van der Waals surface area (Å²) in [7, 11) is 0.